The Bertz CT molecular complexity index is 916. The Hall–Kier alpha value is -3.39. The van der Waals surface area contributed by atoms with E-state index in [9.17, 15) is 5.26 Å². The number of hydrogen-bond donors (Lipinski definition) is 1. The predicted octanol–water partition coefficient (Wildman–Crippen LogP) is 5.56. The molecule has 3 aromatic rings. The Morgan fingerprint density at radius 2 is 1.42 bits per heavy atom. The van der Waals surface area contributed by atoms with Gasteiger partial charge < -0.3 is 4.98 Å². The summed E-state index contributed by atoms with van der Waals surface area (Å²) in [5.74, 6) is 0. The van der Waals surface area contributed by atoms with E-state index in [2.05, 4.69) is 21.4 Å². The molecule has 0 saturated heterocycles. The minimum atomic E-state index is 0.506. The second-order valence-corrected chi connectivity index (χ2v) is 5.77. The maximum Gasteiger partial charge on any atom is 0.131 e. The molecule has 5 nitrogen and oxygen atoms in total. The molecule has 0 atom stereocenters. The maximum atomic E-state index is 9.82. The van der Waals surface area contributed by atoms with Gasteiger partial charge in [-0.15, -0.1) is 5.11 Å². The first-order valence-electron chi connectivity index (χ1n) is 8.72. The number of aromatic nitrogens is 1. The van der Waals surface area contributed by atoms with Crippen LogP contribution in [0.4, 0.5) is 5.69 Å². The van der Waals surface area contributed by atoms with E-state index in [1.807, 2.05) is 79.5 Å². The zero-order chi connectivity index (χ0) is 18.4. The van der Waals surface area contributed by atoms with Gasteiger partial charge in [0.15, 0.2) is 0 Å². The standard InChI is InChI=1S/C21H21N5/c1-3-26(4-2)25-24-21-18(15-22)19(16-11-7-5-8-12-16)23-20(21)17-13-9-6-10-14-17/h5-14,23H,3-4H2,1-2H3. The van der Waals surface area contributed by atoms with Crippen molar-refractivity contribution in [2.75, 3.05) is 13.1 Å². The normalized spacial score (nSPS) is 10.8. The van der Waals surface area contributed by atoms with Gasteiger partial charge in [-0.05, 0) is 19.4 Å². The largest absolute Gasteiger partial charge is 0.352 e. The number of nitrogens with zero attached hydrogens (tertiary/aromatic N) is 4. The fourth-order valence-corrected chi connectivity index (χ4v) is 2.79. The van der Waals surface area contributed by atoms with E-state index in [1.165, 1.54) is 0 Å². The van der Waals surface area contributed by atoms with Crippen LogP contribution in [-0.4, -0.2) is 23.1 Å². The lowest BCUT2D eigenvalue weighted by Gasteiger charge is -2.11. The van der Waals surface area contributed by atoms with Crippen molar-refractivity contribution in [2.24, 2.45) is 10.3 Å². The molecule has 0 radical (unpaired) electrons. The SMILES string of the molecule is CCN(CC)N=Nc1c(-c2ccccc2)[nH]c(-c2ccccc2)c1C#N. The van der Waals surface area contributed by atoms with E-state index in [1.54, 1.807) is 0 Å². The lowest BCUT2D eigenvalue weighted by Crippen LogP contribution is -2.14. The number of hydrogen-bond acceptors (Lipinski definition) is 3. The second-order valence-electron chi connectivity index (χ2n) is 5.77. The number of rotatable bonds is 6. The summed E-state index contributed by atoms with van der Waals surface area (Å²) in [4.78, 5) is 3.40. The lowest BCUT2D eigenvalue weighted by molar-refractivity contribution is 0.301. The van der Waals surface area contributed by atoms with Crippen LogP contribution in [-0.2, 0) is 0 Å². The van der Waals surface area contributed by atoms with E-state index in [4.69, 9.17) is 0 Å². The third kappa shape index (κ3) is 3.50. The number of H-pyrrole nitrogens is 1. The smallest absolute Gasteiger partial charge is 0.131 e. The van der Waals surface area contributed by atoms with Gasteiger partial charge in [0.1, 0.15) is 17.3 Å². The zero-order valence-corrected chi connectivity index (χ0v) is 15.0. The first kappa shape index (κ1) is 17.4. The van der Waals surface area contributed by atoms with Gasteiger partial charge in [0.2, 0.25) is 0 Å². The summed E-state index contributed by atoms with van der Waals surface area (Å²) < 4.78 is 0. The van der Waals surface area contributed by atoms with Crippen molar-refractivity contribution in [3.05, 3.63) is 66.2 Å². The van der Waals surface area contributed by atoms with Crippen molar-refractivity contribution in [3.63, 3.8) is 0 Å². The van der Waals surface area contributed by atoms with Gasteiger partial charge >= 0.3 is 0 Å². The molecule has 3 rings (SSSR count). The number of nitriles is 1. The maximum absolute atomic E-state index is 9.82. The van der Waals surface area contributed by atoms with Crippen molar-refractivity contribution in [3.8, 4) is 28.6 Å². The van der Waals surface area contributed by atoms with E-state index < -0.39 is 0 Å². The predicted molar refractivity (Wildman–Crippen MR) is 104 cm³/mol. The summed E-state index contributed by atoms with van der Waals surface area (Å²) in [6.45, 7) is 5.58. The average molecular weight is 343 g/mol. The minimum absolute atomic E-state index is 0.506. The molecule has 2 aromatic carbocycles. The summed E-state index contributed by atoms with van der Waals surface area (Å²) >= 11 is 0. The molecule has 0 amide bonds. The highest BCUT2D eigenvalue weighted by Crippen LogP contribution is 2.39. The molecule has 0 aliphatic heterocycles. The molecular formula is C21H21N5. The molecule has 130 valence electrons. The first-order chi connectivity index (χ1) is 12.8. The average Bonchev–Trinajstić information content (AvgIpc) is 3.08. The zero-order valence-electron chi connectivity index (χ0n) is 15.0. The quantitative estimate of drug-likeness (QED) is 0.470. The Morgan fingerprint density at radius 1 is 0.885 bits per heavy atom. The van der Waals surface area contributed by atoms with Crippen LogP contribution in [0.3, 0.4) is 0 Å². The van der Waals surface area contributed by atoms with Crippen LogP contribution < -0.4 is 0 Å². The van der Waals surface area contributed by atoms with Crippen LogP contribution in [0, 0.1) is 11.3 Å². The van der Waals surface area contributed by atoms with E-state index in [-0.39, 0.29) is 0 Å². The van der Waals surface area contributed by atoms with Gasteiger partial charge in [0.25, 0.3) is 0 Å². The van der Waals surface area contributed by atoms with Gasteiger partial charge in [-0.3, -0.25) is 5.01 Å². The van der Waals surface area contributed by atoms with Crippen molar-refractivity contribution in [1.29, 1.82) is 5.26 Å². The molecular weight excluding hydrogens is 322 g/mol. The van der Waals surface area contributed by atoms with Gasteiger partial charge in [-0.25, -0.2) is 0 Å². The van der Waals surface area contributed by atoms with Gasteiger partial charge in [-0.1, -0.05) is 65.9 Å². The van der Waals surface area contributed by atoms with Gasteiger partial charge in [0, 0.05) is 18.7 Å². The Labute approximate surface area is 153 Å². The lowest BCUT2D eigenvalue weighted by atomic mass is 10.1. The molecule has 5 heteroatoms. The van der Waals surface area contributed by atoms with E-state index in [0.29, 0.717) is 11.3 Å². The molecule has 0 fully saturated rings. The summed E-state index contributed by atoms with van der Waals surface area (Å²) in [5.41, 5.74) is 4.57. The summed E-state index contributed by atoms with van der Waals surface area (Å²) in [5, 5.41) is 20.4. The molecule has 1 aromatic heterocycles. The number of benzene rings is 2. The van der Waals surface area contributed by atoms with Crippen LogP contribution in [0.1, 0.15) is 19.4 Å². The summed E-state index contributed by atoms with van der Waals surface area (Å²) in [6, 6.07) is 22.0. The van der Waals surface area contributed by atoms with Crippen molar-refractivity contribution >= 4 is 5.69 Å². The Kier molecular flexibility index (Phi) is 5.45. The second kappa shape index (κ2) is 8.13. The summed E-state index contributed by atoms with van der Waals surface area (Å²) in [6.07, 6.45) is 0. The van der Waals surface area contributed by atoms with E-state index >= 15 is 0 Å². The molecule has 1 heterocycles. The van der Waals surface area contributed by atoms with Gasteiger partial charge in [0.05, 0.1) is 11.4 Å². The molecule has 0 aliphatic carbocycles. The third-order valence-electron chi connectivity index (χ3n) is 4.21. The van der Waals surface area contributed by atoms with Crippen molar-refractivity contribution in [1.82, 2.24) is 9.99 Å². The van der Waals surface area contributed by atoms with E-state index in [0.717, 1.165) is 35.6 Å². The van der Waals surface area contributed by atoms with Gasteiger partial charge in [-0.2, -0.15) is 5.26 Å². The number of aromatic amines is 1. The highest BCUT2D eigenvalue weighted by atomic mass is 15.5. The highest BCUT2D eigenvalue weighted by molar-refractivity contribution is 5.86. The minimum Gasteiger partial charge on any atom is -0.352 e. The van der Waals surface area contributed by atoms with Crippen LogP contribution in [0.15, 0.2) is 71.0 Å². The monoisotopic (exact) mass is 343 g/mol. The topological polar surface area (TPSA) is 67.5 Å². The summed E-state index contributed by atoms with van der Waals surface area (Å²) in [7, 11) is 0. The van der Waals surface area contributed by atoms with Crippen molar-refractivity contribution in [2.45, 2.75) is 13.8 Å². The number of nitrogens with one attached hydrogen (secondary N) is 1. The Balaban J connectivity index is 2.19. The third-order valence-corrected chi connectivity index (χ3v) is 4.21. The fourth-order valence-electron chi connectivity index (χ4n) is 2.79. The van der Waals surface area contributed by atoms with Crippen molar-refractivity contribution < 1.29 is 0 Å². The van der Waals surface area contributed by atoms with Crippen LogP contribution in [0.25, 0.3) is 22.5 Å². The molecule has 0 bridgehead atoms. The molecule has 0 spiro atoms. The molecule has 0 saturated carbocycles. The van der Waals surface area contributed by atoms with Crippen LogP contribution >= 0.6 is 0 Å². The van der Waals surface area contributed by atoms with Crippen LogP contribution in [0.2, 0.25) is 0 Å². The first-order valence-corrected chi connectivity index (χ1v) is 8.72. The molecule has 26 heavy (non-hydrogen) atoms. The fraction of sp³-hybridized carbons (Fsp3) is 0.190. The Morgan fingerprint density at radius 3 is 1.92 bits per heavy atom. The molecule has 1 N–H and O–H groups in total. The molecule has 0 unspecified atom stereocenters. The van der Waals surface area contributed by atoms with Crippen LogP contribution in [0.5, 0.6) is 0 Å². The molecule has 0 aliphatic rings. The highest BCUT2D eigenvalue weighted by Gasteiger charge is 2.20.